The minimum Gasteiger partial charge on any atom is -0.368 e. The molecule has 0 fully saturated rings. The van der Waals surface area contributed by atoms with Gasteiger partial charge in [-0.05, 0) is 136 Å². The van der Waals surface area contributed by atoms with Crippen molar-refractivity contribution in [3.63, 3.8) is 0 Å². The Morgan fingerprint density at radius 3 is 0.990 bits per heavy atom. The summed E-state index contributed by atoms with van der Waals surface area (Å²) in [6, 6.07) is 39.0. The lowest BCUT2D eigenvalue weighted by Gasteiger charge is -2.12. The minimum atomic E-state index is 0.182. The molecule has 10 aromatic rings. The van der Waals surface area contributed by atoms with Gasteiger partial charge in [0.2, 0.25) is 89.2 Å². The molecule has 518 valence electrons. The quantitative estimate of drug-likeness (QED) is 0.0283. The number of nitrogen functional groups attached to an aromatic ring is 5. The number of rotatable bonds is 23. The Bertz CT molecular complexity index is 4040. The highest BCUT2D eigenvalue weighted by molar-refractivity contribution is 6.31. The lowest BCUT2D eigenvalue weighted by Crippen LogP contribution is -2.17. The number of aryl methyl sites for hydroxylation is 1. The number of nitrogens with two attached hydrogens (primary N) is 5. The van der Waals surface area contributed by atoms with Crippen LogP contribution in [0.15, 0.2) is 121 Å². The molecule has 34 heteroatoms. The van der Waals surface area contributed by atoms with E-state index in [0.29, 0.717) is 95.7 Å². The minimum absolute atomic E-state index is 0.182. The van der Waals surface area contributed by atoms with E-state index in [-0.39, 0.29) is 41.8 Å². The summed E-state index contributed by atoms with van der Waals surface area (Å²) in [5, 5.41) is 24.7. The smallest absolute Gasteiger partial charge is 0.233 e. The molecule has 0 atom stereocenters. The summed E-state index contributed by atoms with van der Waals surface area (Å²) in [6.07, 6.45) is 1.69. The fraction of sp³-hybridized carbons (Fsp3) is 0.297. The molecule has 0 saturated carbocycles. The van der Waals surface area contributed by atoms with Gasteiger partial charge >= 0.3 is 0 Å². The van der Waals surface area contributed by atoms with Crippen molar-refractivity contribution in [1.82, 2.24) is 74.8 Å². The van der Waals surface area contributed by atoms with Gasteiger partial charge in [-0.15, -0.1) is 0 Å². The number of hydrogen-bond acceptors (Lipinski definition) is 30. The van der Waals surface area contributed by atoms with Gasteiger partial charge in [0, 0.05) is 106 Å². The standard InChI is InChI=1S/C14H19ClN6.2C13H17ClN6.C12H15ClN6.C12H16N6/c1-9(2)18-14-20-12(16)19-13(21-14)17-8-7-10-3-5-11(15)6-4-10;1-20(2)13-18-11(15)17-12(19-13)16-8-7-9-3-5-10(14)6-4-9;1-8(2)17-13-19-11(15)18-12(20-13)16-7-9-3-5-10(14)6-4-9;1-19(2)12-17-10(14)16-11(18-12)15-7-8-3-5-9(13)6-4-8;1-8-5-4-6-9(7-8)14-11-15-10(13)16-12(17-11)18(2)3/h3-6,9H,7-8H2,1-2H3,(H4,16,17,18,19,20,21);3-6H,7-8H2,1-2H3,(H3,15,16,17,18,19);3-6,8H,7H2,1-2H3,(H4,15,16,17,18,19,20);3-6H,7H2,1-2H3,(H3,14,15,16,17,18);4-7H,1-3H3,(H3,13,14,15,16,17). The lowest BCUT2D eigenvalue weighted by atomic mass is 10.1. The van der Waals surface area contributed by atoms with Crippen LogP contribution in [-0.2, 0) is 25.9 Å². The van der Waals surface area contributed by atoms with Crippen LogP contribution in [0.3, 0.4) is 0 Å². The number of hydrogen-bond donors (Lipinski definition) is 12. The van der Waals surface area contributed by atoms with Crippen molar-refractivity contribution in [3.8, 4) is 0 Å². The number of benzene rings is 5. The Morgan fingerprint density at radius 2 is 0.643 bits per heavy atom. The van der Waals surface area contributed by atoms with Crippen LogP contribution in [0.25, 0.3) is 0 Å². The summed E-state index contributed by atoms with van der Waals surface area (Å²) >= 11 is 23.4. The van der Waals surface area contributed by atoms with Crippen LogP contribution in [0.1, 0.15) is 55.5 Å². The maximum atomic E-state index is 5.85. The maximum Gasteiger partial charge on any atom is 0.233 e. The summed E-state index contributed by atoms with van der Waals surface area (Å²) in [7, 11) is 11.1. The fourth-order valence-electron chi connectivity index (χ4n) is 7.90. The van der Waals surface area contributed by atoms with Crippen molar-refractivity contribution >= 4 is 141 Å². The third-order valence-electron chi connectivity index (χ3n) is 12.5. The number of anilines is 16. The molecule has 30 nitrogen and oxygen atoms in total. The fourth-order valence-corrected chi connectivity index (χ4v) is 8.41. The van der Waals surface area contributed by atoms with Gasteiger partial charge < -0.3 is 80.6 Å². The van der Waals surface area contributed by atoms with Crippen LogP contribution >= 0.6 is 46.4 Å². The normalized spacial score (nSPS) is 10.4. The topological polar surface area (TPSA) is 417 Å². The molecule has 5 aromatic carbocycles. The summed E-state index contributed by atoms with van der Waals surface area (Å²) in [6.45, 7) is 12.6. The van der Waals surface area contributed by atoms with Gasteiger partial charge in [-0.1, -0.05) is 107 Å². The zero-order chi connectivity index (χ0) is 71.3. The lowest BCUT2D eigenvalue weighted by molar-refractivity contribution is 0.866. The van der Waals surface area contributed by atoms with Gasteiger partial charge in [-0.2, -0.15) is 74.8 Å². The zero-order valence-electron chi connectivity index (χ0n) is 56.4. The molecule has 0 radical (unpaired) electrons. The number of nitrogens with one attached hydrogen (secondary N) is 7. The van der Waals surface area contributed by atoms with Crippen LogP contribution in [0.4, 0.5) is 94.9 Å². The second-order valence-electron chi connectivity index (χ2n) is 22.5. The molecule has 0 aliphatic carbocycles. The Labute approximate surface area is 590 Å². The monoisotopic (exact) mass is 1410 g/mol. The highest BCUT2D eigenvalue weighted by Crippen LogP contribution is 2.20. The second-order valence-corrected chi connectivity index (χ2v) is 24.2. The van der Waals surface area contributed by atoms with Gasteiger partial charge in [-0.3, -0.25) is 0 Å². The highest BCUT2D eigenvalue weighted by Gasteiger charge is 2.11. The average molecular weight is 1420 g/mol. The molecular formula is C64H84Cl4N30. The summed E-state index contributed by atoms with van der Waals surface area (Å²) < 4.78 is 0. The molecule has 0 unspecified atom stereocenters. The first-order chi connectivity index (χ1) is 46.7. The Balaban J connectivity index is 0.000000193. The Kier molecular flexibility index (Phi) is 30.2. The van der Waals surface area contributed by atoms with Gasteiger partial charge in [0.25, 0.3) is 0 Å². The van der Waals surface area contributed by atoms with E-state index < -0.39 is 0 Å². The molecule has 5 heterocycles. The first kappa shape index (κ1) is 76.3. The summed E-state index contributed by atoms with van der Waals surface area (Å²) in [4.78, 5) is 67.1. The van der Waals surface area contributed by atoms with Crippen molar-refractivity contribution in [2.45, 2.75) is 72.6 Å². The van der Waals surface area contributed by atoms with E-state index in [1.807, 2.05) is 198 Å². The molecule has 0 amide bonds. The SMILES string of the molecule is CC(C)Nc1nc(N)nc(NCCc2ccc(Cl)cc2)n1.CC(C)Nc1nc(N)nc(NCc2ccc(Cl)cc2)n1.CN(C)c1nc(N)nc(NCCc2ccc(Cl)cc2)n1.CN(C)c1nc(N)nc(NCc2ccc(Cl)cc2)n1.Cc1cccc(Nc2nc(N)nc(N(C)C)n2)c1. The van der Waals surface area contributed by atoms with Gasteiger partial charge in [0.15, 0.2) is 0 Å². The summed E-state index contributed by atoms with van der Waals surface area (Å²) in [5.41, 5.74) is 34.9. The van der Waals surface area contributed by atoms with Crippen molar-refractivity contribution in [2.24, 2.45) is 0 Å². The molecule has 0 aliphatic heterocycles. The molecular weight excluding hydrogens is 1330 g/mol. The molecule has 5 aromatic heterocycles. The van der Waals surface area contributed by atoms with Crippen LogP contribution in [0.5, 0.6) is 0 Å². The number of aromatic nitrogens is 15. The average Bonchev–Trinajstić information content (AvgIpc) is 0.906. The Hall–Kier alpha value is -10.7. The third-order valence-corrected chi connectivity index (χ3v) is 13.5. The largest absolute Gasteiger partial charge is 0.368 e. The van der Waals surface area contributed by atoms with E-state index in [9.17, 15) is 0 Å². The van der Waals surface area contributed by atoms with Crippen molar-refractivity contribution in [1.29, 1.82) is 0 Å². The predicted octanol–water partition coefficient (Wildman–Crippen LogP) is 10.3. The van der Waals surface area contributed by atoms with E-state index in [1.165, 1.54) is 11.1 Å². The van der Waals surface area contributed by atoms with Crippen molar-refractivity contribution in [2.75, 3.05) is 136 Å². The van der Waals surface area contributed by atoms with E-state index in [2.05, 4.69) is 112 Å². The van der Waals surface area contributed by atoms with Crippen LogP contribution in [0, 0.1) is 6.92 Å². The van der Waals surface area contributed by atoms with Gasteiger partial charge in [-0.25, -0.2) is 0 Å². The molecule has 10 rings (SSSR count). The molecule has 0 bridgehead atoms. The molecule has 0 saturated heterocycles. The van der Waals surface area contributed by atoms with Crippen LogP contribution in [0.2, 0.25) is 20.1 Å². The molecule has 98 heavy (non-hydrogen) atoms. The molecule has 0 aliphatic rings. The van der Waals surface area contributed by atoms with E-state index in [1.54, 1.807) is 14.7 Å². The zero-order valence-corrected chi connectivity index (χ0v) is 59.4. The highest BCUT2D eigenvalue weighted by atomic mass is 35.5. The number of nitrogens with zero attached hydrogens (tertiary/aromatic N) is 18. The summed E-state index contributed by atoms with van der Waals surface area (Å²) in [5.74, 6) is 5.78. The van der Waals surface area contributed by atoms with Crippen molar-refractivity contribution in [3.05, 3.63) is 169 Å². The van der Waals surface area contributed by atoms with Gasteiger partial charge in [0.05, 0.1) is 0 Å². The molecule has 17 N–H and O–H groups in total. The predicted molar refractivity (Wildman–Crippen MR) is 401 cm³/mol. The van der Waals surface area contributed by atoms with E-state index in [0.717, 1.165) is 45.3 Å². The first-order valence-electron chi connectivity index (χ1n) is 30.6. The second kappa shape index (κ2) is 38.8. The number of halogens is 4. The molecule has 0 spiro atoms. The van der Waals surface area contributed by atoms with E-state index >= 15 is 0 Å². The third kappa shape index (κ3) is 28.7. The van der Waals surface area contributed by atoms with Crippen molar-refractivity contribution < 1.29 is 0 Å². The first-order valence-corrected chi connectivity index (χ1v) is 32.1. The van der Waals surface area contributed by atoms with E-state index in [4.69, 9.17) is 75.1 Å². The van der Waals surface area contributed by atoms with Crippen LogP contribution in [-0.4, -0.2) is 142 Å². The maximum absolute atomic E-state index is 5.85. The van der Waals surface area contributed by atoms with Gasteiger partial charge in [0.1, 0.15) is 0 Å². The Morgan fingerprint density at radius 1 is 0.347 bits per heavy atom. The van der Waals surface area contributed by atoms with Crippen LogP contribution < -0.4 is 80.6 Å².